The summed E-state index contributed by atoms with van der Waals surface area (Å²) in [6.45, 7) is 3.05. The van der Waals surface area contributed by atoms with Crippen LogP contribution in [0.3, 0.4) is 0 Å². The van der Waals surface area contributed by atoms with Gasteiger partial charge < -0.3 is 29.0 Å². The molecule has 0 saturated carbocycles. The Morgan fingerprint density at radius 1 is 0.842 bits per heavy atom. The van der Waals surface area contributed by atoms with Crippen LogP contribution in [0.1, 0.15) is 116 Å². The lowest BCUT2D eigenvalue weighted by Gasteiger charge is -2.31. The molecular weight excluding hydrogens is 505 g/mol. The third-order valence-electron chi connectivity index (χ3n) is 6.74. The smallest absolute Gasteiger partial charge is 0.317 e. The summed E-state index contributed by atoms with van der Waals surface area (Å²) < 4.78 is 16.2. The van der Waals surface area contributed by atoms with E-state index in [1.54, 1.807) is 33.1 Å². The fraction of sp³-hybridized carbons (Fsp3) is 0.929. The Labute approximate surface area is 232 Å². The summed E-state index contributed by atoms with van der Waals surface area (Å²) in [6.07, 6.45) is 19.1. The molecule has 2 atom stereocenters. The molecule has 2 amide bonds. The molecular formula is C28H58N3O6P. The van der Waals surface area contributed by atoms with E-state index in [1.807, 2.05) is 0 Å². The maximum atomic E-state index is 12.7. The second-order valence-electron chi connectivity index (χ2n) is 11.6. The van der Waals surface area contributed by atoms with E-state index in [1.165, 1.54) is 83.5 Å². The van der Waals surface area contributed by atoms with Crippen molar-refractivity contribution in [1.82, 2.24) is 10.2 Å². The molecule has 2 N–H and O–H groups in total. The second kappa shape index (κ2) is 21.8. The fourth-order valence-corrected chi connectivity index (χ4v) is 5.09. The van der Waals surface area contributed by atoms with Crippen molar-refractivity contribution in [2.24, 2.45) is 0 Å². The molecule has 10 heteroatoms. The molecule has 0 radical (unpaired) electrons. The van der Waals surface area contributed by atoms with Gasteiger partial charge in [0.05, 0.1) is 21.1 Å². The lowest BCUT2D eigenvalue weighted by molar-refractivity contribution is -0.872. The van der Waals surface area contributed by atoms with Crippen LogP contribution in [0.4, 0.5) is 4.79 Å². The number of unbranched alkanes of at least 4 members (excludes halogenated alkanes) is 15. The molecule has 0 aromatic heterocycles. The maximum Gasteiger partial charge on any atom is 0.317 e. The number of hydrogen-bond acceptors (Lipinski definition) is 5. The molecule has 9 nitrogen and oxygen atoms in total. The minimum Gasteiger partial charge on any atom is -0.756 e. The molecule has 226 valence electrons. The van der Waals surface area contributed by atoms with Crippen LogP contribution in [-0.4, -0.2) is 80.0 Å². The summed E-state index contributed by atoms with van der Waals surface area (Å²) in [4.78, 5) is 46.9. The molecule has 0 aliphatic rings. The molecule has 38 heavy (non-hydrogen) atoms. The SMILES string of the molecule is CCCCCCCCCCCCCCCCCCN(CCC(=O)C(C[N+](C)(C)C)OP(=O)([O-])O)C(=O)NC. The highest BCUT2D eigenvalue weighted by atomic mass is 31.2. The van der Waals surface area contributed by atoms with Crippen molar-refractivity contribution in [2.45, 2.75) is 122 Å². The highest BCUT2D eigenvalue weighted by Gasteiger charge is 2.29. The summed E-state index contributed by atoms with van der Waals surface area (Å²) >= 11 is 0. The molecule has 0 aliphatic carbocycles. The second-order valence-corrected chi connectivity index (χ2v) is 12.7. The average molecular weight is 564 g/mol. The van der Waals surface area contributed by atoms with Crippen LogP contribution in [0.2, 0.25) is 0 Å². The standard InChI is InChI=1S/C28H58N3O6P/c1-6-7-8-9-10-11-12-13-14-15-16-17-18-19-20-21-23-30(28(33)29-2)24-22-26(32)27(25-31(3,4)5)37-38(34,35)36/h27H,6-25H2,1-5H3,(H2-,29,33,34,35,36). The largest absolute Gasteiger partial charge is 0.756 e. The molecule has 2 unspecified atom stereocenters. The van der Waals surface area contributed by atoms with E-state index in [4.69, 9.17) is 4.89 Å². The van der Waals surface area contributed by atoms with E-state index in [0.29, 0.717) is 6.54 Å². The first-order valence-corrected chi connectivity index (χ1v) is 16.4. The third kappa shape index (κ3) is 22.9. The Balaban J connectivity index is 4.12. The highest BCUT2D eigenvalue weighted by molar-refractivity contribution is 7.44. The lowest BCUT2D eigenvalue weighted by Crippen LogP contribution is -2.46. The van der Waals surface area contributed by atoms with Crippen molar-refractivity contribution in [1.29, 1.82) is 0 Å². The van der Waals surface area contributed by atoms with Crippen molar-refractivity contribution in [3.8, 4) is 0 Å². The summed E-state index contributed by atoms with van der Waals surface area (Å²) in [5.74, 6) is -0.455. The molecule has 0 bridgehead atoms. The Bertz CT molecular complexity index is 665. The van der Waals surface area contributed by atoms with Gasteiger partial charge in [0, 0.05) is 26.6 Å². The van der Waals surface area contributed by atoms with Gasteiger partial charge in [-0.25, -0.2) is 4.79 Å². The van der Waals surface area contributed by atoms with Gasteiger partial charge in [-0.1, -0.05) is 103 Å². The normalized spacial score (nSPS) is 14.2. The number of hydrogen-bond donors (Lipinski definition) is 2. The number of phosphoric acid groups is 1. The van der Waals surface area contributed by atoms with Crippen LogP contribution in [0.5, 0.6) is 0 Å². The van der Waals surface area contributed by atoms with Crippen molar-refractivity contribution in [2.75, 3.05) is 47.8 Å². The molecule has 0 aromatic rings. The molecule has 0 aliphatic heterocycles. The van der Waals surface area contributed by atoms with Crippen LogP contribution < -0.4 is 10.2 Å². The minimum atomic E-state index is -5.06. The zero-order valence-corrected chi connectivity index (χ0v) is 25.9. The highest BCUT2D eigenvalue weighted by Crippen LogP contribution is 2.33. The minimum absolute atomic E-state index is 0.0447. The Morgan fingerprint density at radius 3 is 1.63 bits per heavy atom. The summed E-state index contributed by atoms with van der Waals surface area (Å²) in [7, 11) is 1.88. The van der Waals surface area contributed by atoms with Gasteiger partial charge >= 0.3 is 6.03 Å². The van der Waals surface area contributed by atoms with Gasteiger partial charge in [0.1, 0.15) is 6.54 Å². The van der Waals surface area contributed by atoms with Gasteiger partial charge in [-0.05, 0) is 6.42 Å². The maximum absolute atomic E-state index is 12.7. The van der Waals surface area contributed by atoms with E-state index in [2.05, 4.69) is 16.8 Å². The number of rotatable bonds is 25. The van der Waals surface area contributed by atoms with Gasteiger partial charge in [0.15, 0.2) is 11.9 Å². The monoisotopic (exact) mass is 563 g/mol. The molecule has 0 rings (SSSR count). The van der Waals surface area contributed by atoms with Crippen LogP contribution in [-0.2, 0) is 13.9 Å². The predicted octanol–water partition coefficient (Wildman–Crippen LogP) is 5.40. The molecule has 0 spiro atoms. The van der Waals surface area contributed by atoms with Gasteiger partial charge in [-0.15, -0.1) is 0 Å². The summed E-state index contributed by atoms with van der Waals surface area (Å²) in [5, 5.41) is 2.61. The van der Waals surface area contributed by atoms with Crippen LogP contribution >= 0.6 is 7.82 Å². The van der Waals surface area contributed by atoms with Crippen molar-refractivity contribution < 1.29 is 32.9 Å². The molecule has 0 saturated heterocycles. The molecule has 0 aromatic carbocycles. The lowest BCUT2D eigenvalue weighted by atomic mass is 10.0. The number of amides is 2. The first-order chi connectivity index (χ1) is 17.9. The van der Waals surface area contributed by atoms with E-state index >= 15 is 0 Å². The number of carbonyl (C=O) groups is 2. The van der Waals surface area contributed by atoms with E-state index < -0.39 is 19.7 Å². The summed E-state index contributed by atoms with van der Waals surface area (Å²) in [6, 6.07) is -0.264. The van der Waals surface area contributed by atoms with E-state index in [-0.39, 0.29) is 30.0 Å². The molecule has 0 fully saturated rings. The van der Waals surface area contributed by atoms with Crippen molar-refractivity contribution in [3.63, 3.8) is 0 Å². The predicted molar refractivity (Wildman–Crippen MR) is 153 cm³/mol. The Hall–Kier alpha value is -0.990. The molecule has 0 heterocycles. The first-order valence-electron chi connectivity index (χ1n) is 14.9. The number of carbonyl (C=O) groups excluding carboxylic acids is 2. The average Bonchev–Trinajstić information content (AvgIpc) is 2.82. The van der Waals surface area contributed by atoms with Gasteiger partial charge in [-0.3, -0.25) is 9.36 Å². The van der Waals surface area contributed by atoms with E-state index in [0.717, 1.165) is 19.3 Å². The number of quaternary nitrogens is 1. The topological polar surface area (TPSA) is 119 Å². The number of likely N-dealkylation sites (N-methyl/N-ethyl adjacent to an activating group) is 1. The van der Waals surface area contributed by atoms with Crippen molar-refractivity contribution in [3.05, 3.63) is 0 Å². The van der Waals surface area contributed by atoms with Crippen molar-refractivity contribution >= 4 is 19.6 Å². The Kier molecular flexibility index (Phi) is 21.2. The number of nitrogens with one attached hydrogen (secondary N) is 1. The van der Waals surface area contributed by atoms with Gasteiger partial charge in [0.2, 0.25) is 0 Å². The summed E-state index contributed by atoms with van der Waals surface area (Å²) in [5.41, 5.74) is 0. The number of nitrogens with zero attached hydrogens (tertiary/aromatic N) is 2. The zero-order valence-electron chi connectivity index (χ0n) is 25.0. The zero-order chi connectivity index (χ0) is 28.9. The van der Waals surface area contributed by atoms with Crippen LogP contribution in [0, 0.1) is 0 Å². The van der Waals surface area contributed by atoms with E-state index in [9.17, 15) is 19.0 Å². The Morgan fingerprint density at radius 2 is 1.26 bits per heavy atom. The fourth-order valence-electron chi connectivity index (χ4n) is 4.58. The number of urea groups is 1. The number of phosphoric ester groups is 1. The van der Waals surface area contributed by atoms with Gasteiger partial charge in [-0.2, -0.15) is 0 Å². The van der Waals surface area contributed by atoms with Crippen LogP contribution in [0.25, 0.3) is 0 Å². The van der Waals surface area contributed by atoms with Crippen LogP contribution in [0.15, 0.2) is 0 Å². The van der Waals surface area contributed by atoms with Gasteiger partial charge in [0.25, 0.3) is 7.82 Å². The number of Topliss-reactive ketones (excluding diaryl/α,β-unsaturated/α-hetero) is 1. The first kappa shape index (κ1) is 37.0. The quantitative estimate of drug-likeness (QED) is 0.0872. The third-order valence-corrected chi connectivity index (χ3v) is 7.26. The number of ketones is 1.